The highest BCUT2D eigenvalue weighted by molar-refractivity contribution is 6.08. The Bertz CT molecular complexity index is 886. The maximum absolute atomic E-state index is 13.3. The summed E-state index contributed by atoms with van der Waals surface area (Å²) in [5.74, 6) is -1.43. The lowest BCUT2D eigenvalue weighted by molar-refractivity contribution is -0.140. The first-order valence-electron chi connectivity index (χ1n) is 9.05. The molecule has 0 fully saturated rings. The first kappa shape index (κ1) is 22.6. The normalized spacial score (nSPS) is 22.8. The highest BCUT2D eigenvalue weighted by Gasteiger charge is 2.50. The van der Waals surface area contributed by atoms with Crippen molar-refractivity contribution < 1.29 is 27.5 Å². The number of carbonyl (C=O) groups excluding carboxylic acids is 2. The Hall–Kier alpha value is -2.66. The van der Waals surface area contributed by atoms with Gasteiger partial charge in [-0.3, -0.25) is 14.5 Å². The van der Waals surface area contributed by atoms with E-state index in [1.165, 1.54) is 6.07 Å². The zero-order chi connectivity index (χ0) is 22.2. The Morgan fingerprint density at radius 1 is 1.38 bits per heavy atom. The van der Waals surface area contributed by atoms with Crippen LogP contribution in [0, 0.1) is 22.7 Å². The van der Waals surface area contributed by atoms with Gasteiger partial charge >= 0.3 is 6.18 Å². The van der Waals surface area contributed by atoms with Crippen molar-refractivity contribution in [3.8, 4) is 6.07 Å². The summed E-state index contributed by atoms with van der Waals surface area (Å²) in [5.41, 5.74) is -3.60. The molecule has 1 heterocycles. The lowest BCUT2D eigenvalue weighted by Gasteiger charge is -2.44. The first-order valence-corrected chi connectivity index (χ1v) is 9.05. The minimum Gasteiger partial charge on any atom is -0.364 e. The number of nitriles is 1. The Labute approximate surface area is 167 Å². The maximum atomic E-state index is 13.3. The minimum atomic E-state index is -4.80. The van der Waals surface area contributed by atoms with Crippen LogP contribution in [0.5, 0.6) is 0 Å². The van der Waals surface area contributed by atoms with Gasteiger partial charge in [-0.15, -0.1) is 0 Å². The van der Waals surface area contributed by atoms with Gasteiger partial charge < -0.3 is 4.74 Å². The van der Waals surface area contributed by atoms with Crippen LogP contribution in [0.1, 0.15) is 45.7 Å². The number of hydrogen-bond acceptors (Lipinski definition) is 4. The van der Waals surface area contributed by atoms with Crippen molar-refractivity contribution in [1.29, 1.82) is 5.26 Å². The second kappa shape index (κ2) is 7.64. The Balaban J connectivity index is 2.42. The van der Waals surface area contributed by atoms with Crippen molar-refractivity contribution in [2.24, 2.45) is 11.3 Å². The van der Waals surface area contributed by atoms with Crippen LogP contribution in [-0.4, -0.2) is 24.0 Å². The van der Waals surface area contributed by atoms with Crippen molar-refractivity contribution in [3.05, 3.63) is 41.5 Å². The highest BCUT2D eigenvalue weighted by atomic mass is 19.4. The molecule has 0 spiro atoms. The van der Waals surface area contributed by atoms with Crippen LogP contribution >= 0.6 is 0 Å². The van der Waals surface area contributed by atoms with Gasteiger partial charge in [-0.2, -0.15) is 18.4 Å². The van der Waals surface area contributed by atoms with Gasteiger partial charge in [0.05, 0.1) is 34.6 Å². The second-order valence-electron chi connectivity index (χ2n) is 7.89. The molecule has 1 aliphatic heterocycles. The lowest BCUT2D eigenvalue weighted by Crippen LogP contribution is -2.51. The highest BCUT2D eigenvalue weighted by Crippen LogP contribution is 2.46. The van der Waals surface area contributed by atoms with E-state index in [0.29, 0.717) is 11.0 Å². The summed E-state index contributed by atoms with van der Waals surface area (Å²) in [5, 5.41) is 8.92. The number of nitrogens with zero attached hydrogens (tertiary/aromatic N) is 2. The largest absolute Gasteiger partial charge is 0.417 e. The first-order chi connectivity index (χ1) is 13.3. The Kier molecular flexibility index (Phi) is 5.96. The summed E-state index contributed by atoms with van der Waals surface area (Å²) < 4.78 is 45.7. The average molecular weight is 408 g/mol. The molecular formula is C21H23F3N2O3. The molecule has 0 saturated carbocycles. The van der Waals surface area contributed by atoms with E-state index >= 15 is 0 Å². The Morgan fingerprint density at radius 2 is 2.00 bits per heavy atom. The van der Waals surface area contributed by atoms with E-state index in [9.17, 15) is 22.8 Å². The van der Waals surface area contributed by atoms with Gasteiger partial charge in [-0.1, -0.05) is 32.9 Å². The average Bonchev–Trinajstić information content (AvgIpc) is 3.01. The van der Waals surface area contributed by atoms with Crippen molar-refractivity contribution in [3.63, 3.8) is 0 Å². The van der Waals surface area contributed by atoms with Crippen molar-refractivity contribution in [2.45, 2.75) is 52.5 Å². The standard InChI is InChI=1S/C21H23F3N2O3/c1-13-8-9-20(5,29-13)19(3,4)14(2)18(28)26(12-27)16-7-6-15(11-25)17(10-16)21(22,23)24/h6-10,12-14H,1-5H3. The second-order valence-corrected chi connectivity index (χ2v) is 7.89. The predicted octanol–water partition coefficient (Wildman–Crippen LogP) is 4.46. The van der Waals surface area contributed by atoms with Gasteiger partial charge in [0.2, 0.25) is 12.3 Å². The summed E-state index contributed by atoms with van der Waals surface area (Å²) in [7, 11) is 0. The van der Waals surface area contributed by atoms with Gasteiger partial charge in [0, 0.05) is 11.3 Å². The quantitative estimate of drug-likeness (QED) is 0.533. The number of carbonyl (C=O) groups is 2. The van der Waals surface area contributed by atoms with E-state index in [0.717, 1.165) is 12.1 Å². The molecule has 2 rings (SSSR count). The summed E-state index contributed by atoms with van der Waals surface area (Å²) in [6.07, 6.45) is -1.03. The van der Waals surface area contributed by atoms with Gasteiger partial charge in [-0.25, -0.2) is 0 Å². The molecule has 0 aromatic heterocycles. The molecule has 0 bridgehead atoms. The topological polar surface area (TPSA) is 70.4 Å². The van der Waals surface area contributed by atoms with Crippen molar-refractivity contribution >= 4 is 18.0 Å². The van der Waals surface area contributed by atoms with Gasteiger partial charge in [0.15, 0.2) is 0 Å². The number of halogens is 3. The van der Waals surface area contributed by atoms with Crippen LogP contribution in [0.4, 0.5) is 18.9 Å². The number of imide groups is 1. The number of amides is 2. The molecule has 29 heavy (non-hydrogen) atoms. The van der Waals surface area contributed by atoms with E-state index < -0.39 is 40.1 Å². The van der Waals surface area contributed by atoms with Crippen molar-refractivity contribution in [2.75, 3.05) is 4.90 Å². The molecule has 0 N–H and O–H groups in total. The van der Waals surface area contributed by atoms with Crippen LogP contribution in [0.3, 0.4) is 0 Å². The van der Waals surface area contributed by atoms with Gasteiger partial charge in [0.25, 0.3) is 0 Å². The molecule has 8 heteroatoms. The zero-order valence-corrected chi connectivity index (χ0v) is 16.9. The molecule has 0 radical (unpaired) electrons. The lowest BCUT2D eigenvalue weighted by atomic mass is 9.67. The third-order valence-corrected chi connectivity index (χ3v) is 5.90. The number of hydrogen-bond donors (Lipinski definition) is 0. The molecule has 1 aromatic carbocycles. The van der Waals surface area contributed by atoms with Crippen LogP contribution in [0.2, 0.25) is 0 Å². The fourth-order valence-corrected chi connectivity index (χ4v) is 3.35. The summed E-state index contributed by atoms with van der Waals surface area (Å²) >= 11 is 0. The van der Waals surface area contributed by atoms with E-state index in [2.05, 4.69) is 0 Å². The molecular weight excluding hydrogens is 385 g/mol. The maximum Gasteiger partial charge on any atom is 0.417 e. The van der Waals surface area contributed by atoms with Crippen LogP contribution in [-0.2, 0) is 20.5 Å². The van der Waals surface area contributed by atoms with Gasteiger partial charge in [-0.05, 0) is 32.0 Å². The molecule has 1 aliphatic rings. The number of anilines is 1. The molecule has 5 nitrogen and oxygen atoms in total. The molecule has 1 aromatic rings. The smallest absolute Gasteiger partial charge is 0.364 e. The summed E-state index contributed by atoms with van der Waals surface area (Å²) in [4.78, 5) is 25.4. The molecule has 3 atom stereocenters. The van der Waals surface area contributed by atoms with Crippen LogP contribution < -0.4 is 4.90 Å². The number of alkyl halides is 3. The zero-order valence-electron chi connectivity index (χ0n) is 16.9. The molecule has 156 valence electrons. The van der Waals surface area contributed by atoms with Crippen LogP contribution in [0.25, 0.3) is 0 Å². The number of rotatable bonds is 5. The predicted molar refractivity (Wildman–Crippen MR) is 101 cm³/mol. The van der Waals surface area contributed by atoms with E-state index in [4.69, 9.17) is 10.00 Å². The molecule has 0 aliphatic carbocycles. The van der Waals surface area contributed by atoms with E-state index in [1.807, 2.05) is 26.0 Å². The summed E-state index contributed by atoms with van der Waals surface area (Å²) in [6, 6.07) is 4.21. The Morgan fingerprint density at radius 3 is 2.45 bits per heavy atom. The SMILES string of the molecule is CC1C=CC(C)(C(C)(C)C(C)C(=O)N(C=O)c2ccc(C#N)c(C(F)(F)F)c2)O1. The third kappa shape index (κ3) is 4.06. The fraction of sp³-hybridized carbons (Fsp3) is 0.476. The van der Waals surface area contributed by atoms with Gasteiger partial charge in [0.1, 0.15) is 0 Å². The van der Waals surface area contributed by atoms with Crippen LogP contribution in [0.15, 0.2) is 30.4 Å². The third-order valence-electron chi connectivity index (χ3n) is 5.90. The minimum absolute atomic E-state index is 0.142. The van der Waals surface area contributed by atoms with E-state index in [1.54, 1.807) is 20.8 Å². The monoisotopic (exact) mass is 408 g/mol. The number of ether oxygens (including phenoxy) is 1. The van der Waals surface area contributed by atoms with E-state index in [-0.39, 0.29) is 18.2 Å². The molecule has 3 unspecified atom stereocenters. The molecule has 0 saturated heterocycles. The van der Waals surface area contributed by atoms with Crippen molar-refractivity contribution in [1.82, 2.24) is 0 Å². The fourth-order valence-electron chi connectivity index (χ4n) is 3.35. The number of benzene rings is 1. The summed E-state index contributed by atoms with van der Waals surface area (Å²) in [6.45, 7) is 8.91. The molecule has 2 amide bonds.